The maximum absolute atomic E-state index is 5.64. The molecule has 1 fully saturated rings. The molecule has 3 nitrogen and oxygen atoms in total. The van der Waals surface area contributed by atoms with Crippen LogP contribution in [0.25, 0.3) is 0 Å². The quantitative estimate of drug-likeness (QED) is 0.894. The minimum absolute atomic E-state index is 0.777. The molecule has 2 aliphatic heterocycles. The van der Waals surface area contributed by atoms with E-state index in [2.05, 4.69) is 35.3 Å². The standard InChI is InChI=1S/C18H28N2O/c1-2-16-7-3-4-11-20(16)12-5-6-15-8-9-18-17(14-15)19-10-13-21-18/h8-9,14,16,19H,2-7,10-13H2,1H3. The maximum atomic E-state index is 5.64. The SMILES string of the molecule is CCC1CCCCN1CCCc1ccc2c(c1)NCCO2. The van der Waals surface area contributed by atoms with Gasteiger partial charge in [-0.3, -0.25) is 0 Å². The van der Waals surface area contributed by atoms with E-state index >= 15 is 0 Å². The van der Waals surface area contributed by atoms with Gasteiger partial charge in [0.2, 0.25) is 0 Å². The molecule has 1 atom stereocenters. The molecule has 1 saturated heterocycles. The number of hydrogen-bond donors (Lipinski definition) is 1. The van der Waals surface area contributed by atoms with E-state index in [9.17, 15) is 0 Å². The minimum Gasteiger partial charge on any atom is -0.490 e. The molecule has 2 aliphatic rings. The highest BCUT2D eigenvalue weighted by molar-refractivity contribution is 5.59. The Balaban J connectivity index is 1.50. The Bertz CT molecular complexity index is 461. The summed E-state index contributed by atoms with van der Waals surface area (Å²) in [5.74, 6) is 1.01. The molecule has 0 aromatic heterocycles. The third-order valence-corrected chi connectivity index (χ3v) is 4.85. The smallest absolute Gasteiger partial charge is 0.142 e. The van der Waals surface area contributed by atoms with Crippen LogP contribution in [0.15, 0.2) is 18.2 Å². The minimum atomic E-state index is 0.777. The lowest BCUT2D eigenvalue weighted by Crippen LogP contribution is -2.39. The highest BCUT2D eigenvalue weighted by Crippen LogP contribution is 2.28. The van der Waals surface area contributed by atoms with Crippen LogP contribution in [0.2, 0.25) is 0 Å². The number of likely N-dealkylation sites (tertiary alicyclic amines) is 1. The fourth-order valence-corrected chi connectivity index (χ4v) is 3.65. The van der Waals surface area contributed by atoms with Gasteiger partial charge in [-0.2, -0.15) is 0 Å². The van der Waals surface area contributed by atoms with Gasteiger partial charge < -0.3 is 15.0 Å². The first-order valence-electron chi connectivity index (χ1n) is 8.60. The molecule has 0 bridgehead atoms. The second-order valence-electron chi connectivity index (χ2n) is 6.30. The van der Waals surface area contributed by atoms with Crippen molar-refractivity contribution in [3.63, 3.8) is 0 Å². The van der Waals surface area contributed by atoms with Crippen LogP contribution >= 0.6 is 0 Å². The lowest BCUT2D eigenvalue weighted by molar-refractivity contribution is 0.142. The Morgan fingerprint density at radius 1 is 1.33 bits per heavy atom. The van der Waals surface area contributed by atoms with Crippen molar-refractivity contribution in [2.24, 2.45) is 0 Å². The summed E-state index contributed by atoms with van der Waals surface area (Å²) in [7, 11) is 0. The summed E-state index contributed by atoms with van der Waals surface area (Å²) in [4.78, 5) is 2.71. The van der Waals surface area contributed by atoms with Gasteiger partial charge in [0.1, 0.15) is 12.4 Å². The van der Waals surface area contributed by atoms with Crippen molar-refractivity contribution in [1.82, 2.24) is 4.90 Å². The molecular formula is C18H28N2O. The lowest BCUT2D eigenvalue weighted by Gasteiger charge is -2.35. The van der Waals surface area contributed by atoms with Crippen molar-refractivity contribution in [2.75, 3.05) is 31.6 Å². The van der Waals surface area contributed by atoms with Gasteiger partial charge in [-0.05, 0) is 62.9 Å². The largest absolute Gasteiger partial charge is 0.490 e. The van der Waals surface area contributed by atoms with Crippen molar-refractivity contribution in [1.29, 1.82) is 0 Å². The van der Waals surface area contributed by atoms with Crippen molar-refractivity contribution >= 4 is 5.69 Å². The second-order valence-corrected chi connectivity index (χ2v) is 6.30. The number of aryl methyl sites for hydroxylation is 1. The average molecular weight is 288 g/mol. The summed E-state index contributed by atoms with van der Waals surface area (Å²) in [5, 5.41) is 3.42. The van der Waals surface area contributed by atoms with Crippen LogP contribution in [-0.4, -0.2) is 37.2 Å². The Morgan fingerprint density at radius 3 is 3.19 bits per heavy atom. The molecule has 1 N–H and O–H groups in total. The van der Waals surface area contributed by atoms with E-state index in [1.54, 1.807) is 0 Å². The van der Waals surface area contributed by atoms with Gasteiger partial charge in [-0.15, -0.1) is 0 Å². The lowest BCUT2D eigenvalue weighted by atomic mass is 9.99. The molecule has 0 saturated carbocycles. The first-order chi connectivity index (χ1) is 10.4. The number of hydrogen-bond acceptors (Lipinski definition) is 3. The number of nitrogens with one attached hydrogen (secondary N) is 1. The van der Waals surface area contributed by atoms with Gasteiger partial charge in [0.05, 0.1) is 5.69 Å². The maximum Gasteiger partial charge on any atom is 0.142 e. The van der Waals surface area contributed by atoms with E-state index in [4.69, 9.17) is 4.74 Å². The Labute approximate surface area is 128 Å². The van der Waals surface area contributed by atoms with Crippen LogP contribution in [0.5, 0.6) is 5.75 Å². The summed E-state index contributed by atoms with van der Waals surface area (Å²) < 4.78 is 5.64. The highest BCUT2D eigenvalue weighted by atomic mass is 16.5. The number of rotatable bonds is 5. The van der Waals surface area contributed by atoms with Gasteiger partial charge in [-0.25, -0.2) is 0 Å². The molecule has 0 aliphatic carbocycles. The van der Waals surface area contributed by atoms with Gasteiger partial charge in [0.15, 0.2) is 0 Å². The van der Waals surface area contributed by atoms with Gasteiger partial charge in [-0.1, -0.05) is 19.4 Å². The predicted molar refractivity (Wildman–Crippen MR) is 88.3 cm³/mol. The van der Waals surface area contributed by atoms with E-state index < -0.39 is 0 Å². The zero-order chi connectivity index (χ0) is 14.5. The van der Waals surface area contributed by atoms with E-state index in [1.807, 2.05) is 0 Å². The predicted octanol–water partition coefficient (Wildman–Crippen LogP) is 3.69. The molecule has 0 radical (unpaired) electrons. The number of piperidine rings is 1. The first kappa shape index (κ1) is 14.7. The van der Waals surface area contributed by atoms with Crippen LogP contribution < -0.4 is 10.1 Å². The van der Waals surface area contributed by atoms with Gasteiger partial charge in [0.25, 0.3) is 0 Å². The Hall–Kier alpha value is -1.22. The summed E-state index contributed by atoms with van der Waals surface area (Å²) >= 11 is 0. The Morgan fingerprint density at radius 2 is 2.29 bits per heavy atom. The molecule has 1 aromatic carbocycles. The summed E-state index contributed by atoms with van der Waals surface area (Å²) in [5.41, 5.74) is 2.60. The Kier molecular flexibility index (Phi) is 5.02. The molecule has 3 rings (SSSR count). The number of ether oxygens (including phenoxy) is 1. The molecular weight excluding hydrogens is 260 g/mol. The first-order valence-corrected chi connectivity index (χ1v) is 8.60. The number of benzene rings is 1. The van der Waals surface area contributed by atoms with Crippen LogP contribution in [0.4, 0.5) is 5.69 Å². The third-order valence-electron chi connectivity index (χ3n) is 4.85. The highest BCUT2D eigenvalue weighted by Gasteiger charge is 2.19. The van der Waals surface area contributed by atoms with Crippen LogP contribution in [-0.2, 0) is 6.42 Å². The average Bonchev–Trinajstić information content (AvgIpc) is 2.55. The van der Waals surface area contributed by atoms with E-state index in [0.29, 0.717) is 0 Å². The molecule has 0 amide bonds. The fraction of sp³-hybridized carbons (Fsp3) is 0.667. The third kappa shape index (κ3) is 3.70. The molecule has 116 valence electrons. The number of fused-ring (bicyclic) bond motifs is 1. The molecule has 2 heterocycles. The zero-order valence-electron chi connectivity index (χ0n) is 13.2. The van der Waals surface area contributed by atoms with E-state index in [0.717, 1.165) is 24.9 Å². The van der Waals surface area contributed by atoms with Gasteiger partial charge >= 0.3 is 0 Å². The van der Waals surface area contributed by atoms with Crippen LogP contribution in [0, 0.1) is 0 Å². The monoisotopic (exact) mass is 288 g/mol. The molecule has 1 unspecified atom stereocenters. The number of nitrogens with zero attached hydrogens (tertiary/aromatic N) is 1. The van der Waals surface area contributed by atoms with Crippen molar-refractivity contribution in [3.8, 4) is 5.75 Å². The summed E-state index contributed by atoms with van der Waals surface area (Å²) in [6.07, 6.45) is 7.94. The molecule has 3 heteroatoms. The topological polar surface area (TPSA) is 24.5 Å². The van der Waals surface area contributed by atoms with Crippen LogP contribution in [0.3, 0.4) is 0 Å². The number of anilines is 1. The van der Waals surface area contributed by atoms with E-state index in [1.165, 1.54) is 62.9 Å². The molecule has 0 spiro atoms. The molecule has 21 heavy (non-hydrogen) atoms. The van der Waals surface area contributed by atoms with E-state index in [-0.39, 0.29) is 0 Å². The second kappa shape index (κ2) is 7.17. The van der Waals surface area contributed by atoms with Crippen molar-refractivity contribution in [3.05, 3.63) is 23.8 Å². The zero-order valence-corrected chi connectivity index (χ0v) is 13.2. The van der Waals surface area contributed by atoms with Gasteiger partial charge in [0, 0.05) is 12.6 Å². The van der Waals surface area contributed by atoms with Crippen molar-refractivity contribution < 1.29 is 4.74 Å². The van der Waals surface area contributed by atoms with Crippen molar-refractivity contribution in [2.45, 2.75) is 51.5 Å². The fourth-order valence-electron chi connectivity index (χ4n) is 3.65. The van der Waals surface area contributed by atoms with Crippen LogP contribution in [0.1, 0.15) is 44.6 Å². The summed E-state index contributed by atoms with van der Waals surface area (Å²) in [6.45, 7) is 6.58. The summed E-state index contributed by atoms with van der Waals surface area (Å²) in [6, 6.07) is 7.44. The molecule has 1 aromatic rings. The normalized spacial score (nSPS) is 22.2.